The monoisotopic (exact) mass is 160 g/mol. The fraction of sp³-hybridized carbons (Fsp3) is 1.00. The van der Waals surface area contributed by atoms with E-state index >= 15 is 0 Å². The van der Waals surface area contributed by atoms with Gasteiger partial charge in [-0.3, -0.25) is 0 Å². The quantitative estimate of drug-likeness (QED) is 0.609. The van der Waals surface area contributed by atoms with Crippen LogP contribution in [-0.2, 0) is 0 Å². The number of nitrogens with zero attached hydrogens (tertiary/aromatic N) is 2. The van der Waals surface area contributed by atoms with Crippen molar-refractivity contribution in [3.63, 3.8) is 0 Å². The van der Waals surface area contributed by atoms with Crippen LogP contribution in [0.4, 0.5) is 0 Å². The minimum absolute atomic E-state index is 0.596. The molecule has 0 aromatic heterocycles. The summed E-state index contributed by atoms with van der Waals surface area (Å²) in [5, 5.41) is 10.0. The van der Waals surface area contributed by atoms with Crippen LogP contribution in [0.2, 0.25) is 0 Å². The highest BCUT2D eigenvalue weighted by Gasteiger charge is 2.01. The molecule has 0 unspecified atom stereocenters. The summed E-state index contributed by atoms with van der Waals surface area (Å²) in [4.78, 5) is 2.27. The van der Waals surface area contributed by atoms with E-state index in [0.717, 1.165) is 19.5 Å². The van der Waals surface area contributed by atoms with Crippen molar-refractivity contribution in [1.29, 1.82) is 0 Å². The molecule has 0 saturated carbocycles. The van der Waals surface area contributed by atoms with Crippen LogP contribution in [-0.4, -0.2) is 48.4 Å². The minimum atomic E-state index is 0.596. The van der Waals surface area contributed by atoms with Gasteiger partial charge in [-0.15, -0.1) is 0 Å². The van der Waals surface area contributed by atoms with Crippen LogP contribution in [0.5, 0.6) is 0 Å². The molecule has 0 aromatic carbocycles. The number of hydrogen-bond donors (Lipinski definition) is 1. The van der Waals surface area contributed by atoms with Gasteiger partial charge in [0.1, 0.15) is 0 Å². The van der Waals surface area contributed by atoms with Gasteiger partial charge in [-0.1, -0.05) is 0 Å². The zero-order chi connectivity index (χ0) is 8.85. The largest absolute Gasteiger partial charge is 0.314 e. The number of hydroxylamine groups is 2. The first-order chi connectivity index (χ1) is 5.04. The standard InChI is InChI=1S/C8H20N2O/c1-8(2)9(3)6-5-7-10(4)11/h8,11H,5-7H2,1-4H3. The first-order valence-electron chi connectivity index (χ1n) is 4.14. The normalized spacial score (nSPS) is 12.0. The lowest BCUT2D eigenvalue weighted by Crippen LogP contribution is -2.29. The second-order valence-electron chi connectivity index (χ2n) is 3.31. The highest BCUT2D eigenvalue weighted by Crippen LogP contribution is 1.95. The molecule has 0 bridgehead atoms. The van der Waals surface area contributed by atoms with Gasteiger partial charge in [0.2, 0.25) is 0 Å². The van der Waals surface area contributed by atoms with Crippen molar-refractivity contribution in [1.82, 2.24) is 9.96 Å². The van der Waals surface area contributed by atoms with E-state index in [2.05, 4.69) is 25.8 Å². The summed E-state index contributed by atoms with van der Waals surface area (Å²) in [5.41, 5.74) is 0. The molecular weight excluding hydrogens is 140 g/mol. The van der Waals surface area contributed by atoms with E-state index < -0.39 is 0 Å². The molecule has 0 saturated heterocycles. The molecular formula is C8H20N2O. The molecule has 3 nitrogen and oxygen atoms in total. The Morgan fingerprint density at radius 3 is 2.09 bits per heavy atom. The molecule has 0 aliphatic rings. The Balaban J connectivity index is 3.24. The van der Waals surface area contributed by atoms with Crippen molar-refractivity contribution < 1.29 is 5.21 Å². The molecule has 0 aromatic rings. The van der Waals surface area contributed by atoms with E-state index in [0.29, 0.717) is 6.04 Å². The van der Waals surface area contributed by atoms with E-state index in [9.17, 15) is 0 Å². The molecule has 11 heavy (non-hydrogen) atoms. The Morgan fingerprint density at radius 1 is 1.18 bits per heavy atom. The molecule has 0 radical (unpaired) electrons. The zero-order valence-corrected chi connectivity index (χ0v) is 8.04. The van der Waals surface area contributed by atoms with Gasteiger partial charge in [-0.05, 0) is 33.9 Å². The zero-order valence-electron chi connectivity index (χ0n) is 8.04. The number of hydrogen-bond acceptors (Lipinski definition) is 3. The van der Waals surface area contributed by atoms with Crippen LogP contribution < -0.4 is 0 Å². The van der Waals surface area contributed by atoms with Gasteiger partial charge in [0.05, 0.1) is 0 Å². The third-order valence-electron chi connectivity index (χ3n) is 1.87. The van der Waals surface area contributed by atoms with Crippen molar-refractivity contribution in [2.75, 3.05) is 27.2 Å². The van der Waals surface area contributed by atoms with Crippen LogP contribution in [0.3, 0.4) is 0 Å². The Hall–Kier alpha value is -0.120. The van der Waals surface area contributed by atoms with Crippen molar-refractivity contribution in [3.05, 3.63) is 0 Å². The third kappa shape index (κ3) is 6.28. The molecule has 0 rings (SSSR count). The maximum atomic E-state index is 8.82. The van der Waals surface area contributed by atoms with Gasteiger partial charge >= 0.3 is 0 Å². The fourth-order valence-electron chi connectivity index (χ4n) is 0.807. The summed E-state index contributed by atoms with van der Waals surface area (Å²) in [6, 6.07) is 0.596. The van der Waals surface area contributed by atoms with Crippen LogP contribution in [0.15, 0.2) is 0 Å². The number of rotatable bonds is 5. The Kier molecular flexibility index (Phi) is 5.46. The highest BCUT2D eigenvalue weighted by molar-refractivity contribution is 4.56. The summed E-state index contributed by atoms with van der Waals surface area (Å²) >= 11 is 0. The van der Waals surface area contributed by atoms with Crippen LogP contribution in [0, 0.1) is 0 Å². The molecule has 1 N–H and O–H groups in total. The summed E-state index contributed by atoms with van der Waals surface area (Å²) in [7, 11) is 3.78. The van der Waals surface area contributed by atoms with Crippen molar-refractivity contribution in [2.45, 2.75) is 26.3 Å². The Morgan fingerprint density at radius 2 is 1.73 bits per heavy atom. The maximum Gasteiger partial charge on any atom is 0.0247 e. The van der Waals surface area contributed by atoms with Crippen LogP contribution >= 0.6 is 0 Å². The molecule has 0 amide bonds. The van der Waals surface area contributed by atoms with Crippen molar-refractivity contribution in [2.24, 2.45) is 0 Å². The topological polar surface area (TPSA) is 26.7 Å². The molecule has 0 atom stereocenters. The van der Waals surface area contributed by atoms with Gasteiger partial charge in [0, 0.05) is 19.6 Å². The van der Waals surface area contributed by atoms with Gasteiger partial charge < -0.3 is 10.1 Å². The lowest BCUT2D eigenvalue weighted by Gasteiger charge is -2.21. The van der Waals surface area contributed by atoms with Crippen LogP contribution in [0.1, 0.15) is 20.3 Å². The van der Waals surface area contributed by atoms with E-state index in [4.69, 9.17) is 5.21 Å². The summed E-state index contributed by atoms with van der Waals surface area (Å²) < 4.78 is 0. The van der Waals surface area contributed by atoms with Gasteiger partial charge in [-0.25, -0.2) is 0 Å². The average Bonchev–Trinajstić information content (AvgIpc) is 1.86. The minimum Gasteiger partial charge on any atom is -0.314 e. The Bertz CT molecular complexity index is 94.1. The van der Waals surface area contributed by atoms with E-state index in [1.165, 1.54) is 5.06 Å². The molecule has 0 heterocycles. The maximum absolute atomic E-state index is 8.82. The second kappa shape index (κ2) is 5.52. The summed E-state index contributed by atoms with van der Waals surface area (Å²) in [6.45, 7) is 6.13. The van der Waals surface area contributed by atoms with Gasteiger partial charge in [0.15, 0.2) is 0 Å². The van der Waals surface area contributed by atoms with Gasteiger partial charge in [-0.2, -0.15) is 5.06 Å². The predicted molar refractivity (Wildman–Crippen MR) is 46.8 cm³/mol. The summed E-state index contributed by atoms with van der Waals surface area (Å²) in [6.07, 6.45) is 1.02. The SMILES string of the molecule is CC(C)N(C)CCCN(C)O. The van der Waals surface area contributed by atoms with E-state index in [1.807, 2.05) is 0 Å². The van der Waals surface area contributed by atoms with E-state index in [1.54, 1.807) is 7.05 Å². The van der Waals surface area contributed by atoms with Gasteiger partial charge in [0.25, 0.3) is 0 Å². The molecule has 0 aliphatic carbocycles. The van der Waals surface area contributed by atoms with Crippen molar-refractivity contribution in [3.8, 4) is 0 Å². The lowest BCUT2D eigenvalue weighted by molar-refractivity contribution is -0.0665. The molecule has 0 aliphatic heterocycles. The first-order valence-corrected chi connectivity index (χ1v) is 4.14. The third-order valence-corrected chi connectivity index (χ3v) is 1.87. The highest BCUT2D eigenvalue weighted by atomic mass is 16.5. The van der Waals surface area contributed by atoms with Crippen molar-refractivity contribution >= 4 is 0 Å². The molecule has 0 fully saturated rings. The smallest absolute Gasteiger partial charge is 0.0247 e. The fourth-order valence-corrected chi connectivity index (χ4v) is 0.807. The van der Waals surface area contributed by atoms with E-state index in [-0.39, 0.29) is 0 Å². The molecule has 3 heteroatoms. The average molecular weight is 160 g/mol. The molecule has 0 spiro atoms. The van der Waals surface area contributed by atoms with Crippen LogP contribution in [0.25, 0.3) is 0 Å². The Labute approximate surface area is 69.6 Å². The first kappa shape index (κ1) is 10.9. The lowest BCUT2D eigenvalue weighted by atomic mass is 10.3. The second-order valence-corrected chi connectivity index (χ2v) is 3.31. The summed E-state index contributed by atoms with van der Waals surface area (Å²) in [5.74, 6) is 0. The predicted octanol–water partition coefficient (Wildman–Crippen LogP) is 1.04. The molecule has 68 valence electrons.